The summed E-state index contributed by atoms with van der Waals surface area (Å²) in [7, 11) is 1.62. The number of esters is 1. The van der Waals surface area contributed by atoms with Gasteiger partial charge in [-0.25, -0.2) is 0 Å². The summed E-state index contributed by atoms with van der Waals surface area (Å²) >= 11 is 0. The second kappa shape index (κ2) is 10.3. The summed E-state index contributed by atoms with van der Waals surface area (Å²) in [5.74, 6) is 0.519. The largest absolute Gasteiger partial charge is 0.494 e. The first-order valence-corrected chi connectivity index (χ1v) is 9.14. The Bertz CT molecular complexity index is 773. The van der Waals surface area contributed by atoms with Gasteiger partial charge in [-0.3, -0.25) is 4.79 Å². The molecule has 0 spiro atoms. The van der Waals surface area contributed by atoms with E-state index in [1.807, 2.05) is 56.3 Å². The second-order valence-corrected chi connectivity index (χ2v) is 6.03. The van der Waals surface area contributed by atoms with Crippen molar-refractivity contribution in [3.8, 4) is 5.75 Å². The molecule has 27 heavy (non-hydrogen) atoms. The quantitative estimate of drug-likeness (QED) is 0.450. The number of rotatable bonds is 9. The molecule has 0 aromatic heterocycles. The summed E-state index contributed by atoms with van der Waals surface area (Å²) in [6, 6.07) is 13.6. The molecule has 0 aliphatic carbocycles. The van der Waals surface area contributed by atoms with Crippen LogP contribution in [0.15, 0.2) is 52.7 Å². The molecule has 0 fully saturated rings. The van der Waals surface area contributed by atoms with Crippen LogP contribution in [0.3, 0.4) is 0 Å². The zero-order chi connectivity index (χ0) is 19.6. The molecule has 0 unspecified atom stereocenters. The van der Waals surface area contributed by atoms with Gasteiger partial charge in [0.25, 0.3) is 0 Å². The zero-order valence-corrected chi connectivity index (χ0v) is 16.4. The lowest BCUT2D eigenvalue weighted by Gasteiger charge is -2.22. The number of nitrogens with zero attached hydrogens (tertiary/aromatic N) is 3. The number of anilines is 1. The van der Waals surface area contributed by atoms with E-state index in [2.05, 4.69) is 22.1 Å². The van der Waals surface area contributed by atoms with E-state index in [0.29, 0.717) is 31.0 Å². The molecule has 0 saturated heterocycles. The highest BCUT2D eigenvalue weighted by atomic mass is 16.5. The molecule has 0 N–H and O–H groups in total. The number of benzene rings is 2. The third-order valence-corrected chi connectivity index (χ3v) is 4.10. The van der Waals surface area contributed by atoms with Crippen molar-refractivity contribution in [2.45, 2.75) is 27.2 Å². The fourth-order valence-electron chi connectivity index (χ4n) is 2.65. The summed E-state index contributed by atoms with van der Waals surface area (Å²) in [6.07, 6.45) is 0.371. The van der Waals surface area contributed by atoms with Gasteiger partial charge in [0.15, 0.2) is 0 Å². The van der Waals surface area contributed by atoms with Gasteiger partial charge < -0.3 is 14.4 Å². The Hall–Kier alpha value is -2.89. The molecule has 0 bridgehead atoms. The van der Waals surface area contributed by atoms with Crippen molar-refractivity contribution in [3.05, 3.63) is 48.0 Å². The predicted octanol–water partition coefficient (Wildman–Crippen LogP) is 5.20. The normalized spacial score (nSPS) is 10.8. The lowest BCUT2D eigenvalue weighted by Crippen LogP contribution is -2.26. The summed E-state index contributed by atoms with van der Waals surface area (Å²) in [5, 5.41) is 8.61. The molecule has 2 aromatic rings. The van der Waals surface area contributed by atoms with E-state index in [1.54, 1.807) is 7.11 Å². The molecule has 2 rings (SSSR count). The number of hydrogen-bond donors (Lipinski definition) is 0. The van der Waals surface area contributed by atoms with Gasteiger partial charge in [0.2, 0.25) is 0 Å². The third-order valence-electron chi connectivity index (χ3n) is 4.10. The summed E-state index contributed by atoms with van der Waals surface area (Å²) in [5.41, 5.74) is 3.59. The molecule has 0 amide bonds. The van der Waals surface area contributed by atoms with E-state index >= 15 is 0 Å². The van der Waals surface area contributed by atoms with Gasteiger partial charge in [-0.15, -0.1) is 5.11 Å². The maximum Gasteiger partial charge on any atom is 0.307 e. The predicted molar refractivity (Wildman–Crippen MR) is 107 cm³/mol. The van der Waals surface area contributed by atoms with Gasteiger partial charge in [-0.2, -0.15) is 5.11 Å². The molecule has 144 valence electrons. The Kier molecular flexibility index (Phi) is 7.79. The van der Waals surface area contributed by atoms with E-state index in [9.17, 15) is 4.79 Å². The SMILES string of the molecule is CCOC(=O)CCN(CC)c1ccc(N=Nc2cc(C)ccc2OC)cc1. The Morgan fingerprint density at radius 3 is 2.44 bits per heavy atom. The first kappa shape index (κ1) is 20.4. The van der Waals surface area contributed by atoms with Gasteiger partial charge >= 0.3 is 5.97 Å². The topological polar surface area (TPSA) is 63.5 Å². The number of azo groups is 1. The highest BCUT2D eigenvalue weighted by molar-refractivity contribution is 5.70. The fourth-order valence-corrected chi connectivity index (χ4v) is 2.65. The van der Waals surface area contributed by atoms with Crippen LogP contribution >= 0.6 is 0 Å². The zero-order valence-electron chi connectivity index (χ0n) is 16.4. The number of hydrogen-bond acceptors (Lipinski definition) is 6. The average Bonchev–Trinajstić information content (AvgIpc) is 2.68. The second-order valence-electron chi connectivity index (χ2n) is 6.03. The van der Waals surface area contributed by atoms with Crippen LogP contribution in [-0.4, -0.2) is 32.8 Å². The minimum Gasteiger partial charge on any atom is -0.494 e. The summed E-state index contributed by atoms with van der Waals surface area (Å²) < 4.78 is 10.3. The van der Waals surface area contributed by atoms with Crippen LogP contribution in [0.1, 0.15) is 25.8 Å². The van der Waals surface area contributed by atoms with Gasteiger partial charge in [0.1, 0.15) is 11.4 Å². The molecule has 2 aromatic carbocycles. The van der Waals surface area contributed by atoms with Crippen LogP contribution in [0.5, 0.6) is 5.75 Å². The highest BCUT2D eigenvalue weighted by Gasteiger charge is 2.08. The smallest absolute Gasteiger partial charge is 0.307 e. The van der Waals surface area contributed by atoms with Crippen LogP contribution in [0.2, 0.25) is 0 Å². The third kappa shape index (κ3) is 6.09. The minimum atomic E-state index is -0.173. The molecule has 0 saturated carbocycles. The monoisotopic (exact) mass is 369 g/mol. The molecule has 6 heteroatoms. The summed E-state index contributed by atoms with van der Waals surface area (Å²) in [4.78, 5) is 13.7. The molecule has 6 nitrogen and oxygen atoms in total. The van der Waals surface area contributed by atoms with Crippen LogP contribution < -0.4 is 9.64 Å². The average molecular weight is 369 g/mol. The van der Waals surface area contributed by atoms with E-state index in [-0.39, 0.29) is 5.97 Å². The van der Waals surface area contributed by atoms with E-state index in [1.165, 1.54) is 0 Å². The first-order chi connectivity index (χ1) is 13.1. The van der Waals surface area contributed by atoms with Crippen molar-refractivity contribution in [2.24, 2.45) is 10.2 Å². The highest BCUT2D eigenvalue weighted by Crippen LogP contribution is 2.30. The van der Waals surface area contributed by atoms with Gasteiger partial charge in [-0.1, -0.05) is 6.07 Å². The lowest BCUT2D eigenvalue weighted by molar-refractivity contribution is -0.142. The van der Waals surface area contributed by atoms with Gasteiger partial charge in [0.05, 0.1) is 25.8 Å². The number of carbonyl (C=O) groups is 1. The van der Waals surface area contributed by atoms with Gasteiger partial charge in [-0.05, 0) is 62.7 Å². The fraction of sp³-hybridized carbons (Fsp3) is 0.381. The Morgan fingerprint density at radius 1 is 1.07 bits per heavy atom. The van der Waals surface area contributed by atoms with Crippen molar-refractivity contribution in [3.63, 3.8) is 0 Å². The Morgan fingerprint density at radius 2 is 1.81 bits per heavy atom. The molecular weight excluding hydrogens is 342 g/mol. The van der Waals surface area contributed by atoms with Crippen molar-refractivity contribution in [2.75, 3.05) is 31.7 Å². The Labute approximate surface area is 160 Å². The molecule has 0 radical (unpaired) electrons. The molecular formula is C21H27N3O3. The van der Waals surface area contributed by atoms with Gasteiger partial charge in [0, 0.05) is 18.8 Å². The number of methoxy groups -OCH3 is 1. The molecule has 0 aliphatic rings. The standard InChI is InChI=1S/C21H27N3O3/c1-5-24(14-13-21(25)27-6-2)18-10-8-17(9-11-18)22-23-19-15-16(3)7-12-20(19)26-4/h7-12,15H,5-6,13-14H2,1-4H3. The maximum absolute atomic E-state index is 11.6. The maximum atomic E-state index is 11.6. The Balaban J connectivity index is 2.05. The van der Waals surface area contributed by atoms with Crippen molar-refractivity contribution in [1.29, 1.82) is 0 Å². The minimum absolute atomic E-state index is 0.173. The van der Waals surface area contributed by atoms with E-state index in [4.69, 9.17) is 9.47 Å². The van der Waals surface area contributed by atoms with Crippen LogP contribution in [0.4, 0.5) is 17.1 Å². The van der Waals surface area contributed by atoms with Crippen LogP contribution in [0, 0.1) is 6.92 Å². The number of ether oxygens (including phenoxy) is 2. The lowest BCUT2D eigenvalue weighted by atomic mass is 10.2. The number of aryl methyl sites for hydroxylation is 1. The van der Waals surface area contributed by atoms with Crippen molar-refractivity contribution >= 4 is 23.0 Å². The van der Waals surface area contributed by atoms with Crippen LogP contribution in [0.25, 0.3) is 0 Å². The number of carbonyl (C=O) groups excluding carboxylic acids is 1. The van der Waals surface area contributed by atoms with Crippen molar-refractivity contribution < 1.29 is 14.3 Å². The molecule has 0 atom stereocenters. The molecule has 0 aliphatic heterocycles. The van der Waals surface area contributed by atoms with E-state index in [0.717, 1.165) is 23.5 Å². The summed E-state index contributed by atoms with van der Waals surface area (Å²) in [6.45, 7) is 7.72. The molecule has 0 heterocycles. The van der Waals surface area contributed by atoms with Crippen LogP contribution in [-0.2, 0) is 9.53 Å². The van der Waals surface area contributed by atoms with Crippen molar-refractivity contribution in [1.82, 2.24) is 0 Å². The van der Waals surface area contributed by atoms with E-state index < -0.39 is 0 Å². The first-order valence-electron chi connectivity index (χ1n) is 9.14.